The molecule has 0 saturated carbocycles. The Bertz CT molecular complexity index is 905. The van der Waals surface area contributed by atoms with E-state index in [4.69, 9.17) is 4.52 Å². The fourth-order valence-electron chi connectivity index (χ4n) is 3.16. The van der Waals surface area contributed by atoms with E-state index in [1.165, 1.54) is 10.5 Å². The van der Waals surface area contributed by atoms with Gasteiger partial charge in [0.05, 0.1) is 6.04 Å². The Morgan fingerprint density at radius 3 is 2.76 bits per heavy atom. The van der Waals surface area contributed by atoms with E-state index in [0.29, 0.717) is 17.0 Å². The summed E-state index contributed by atoms with van der Waals surface area (Å²) in [6, 6.07) is 17.9. The zero-order valence-corrected chi connectivity index (χ0v) is 14.7. The van der Waals surface area contributed by atoms with Crippen molar-refractivity contribution in [2.45, 2.75) is 24.3 Å². The van der Waals surface area contributed by atoms with E-state index in [-0.39, 0.29) is 11.9 Å². The molecular formula is C20H18N2O2S. The normalized spacial score (nSPS) is 16.3. The Hall–Kier alpha value is -2.53. The molecule has 0 bridgehead atoms. The van der Waals surface area contributed by atoms with Gasteiger partial charge in [-0.05, 0) is 25.0 Å². The van der Waals surface area contributed by atoms with Gasteiger partial charge in [0, 0.05) is 16.2 Å². The average Bonchev–Trinajstić information content (AvgIpc) is 3.04. The Morgan fingerprint density at radius 1 is 1.16 bits per heavy atom. The number of hydrogen-bond donors (Lipinski definition) is 1. The molecule has 4 rings (SSSR count). The lowest BCUT2D eigenvalue weighted by Gasteiger charge is -2.25. The van der Waals surface area contributed by atoms with Crippen LogP contribution in [-0.2, 0) is 0 Å². The minimum Gasteiger partial charge on any atom is -0.360 e. The van der Waals surface area contributed by atoms with Gasteiger partial charge in [0.25, 0.3) is 5.91 Å². The van der Waals surface area contributed by atoms with Crippen LogP contribution in [0.5, 0.6) is 0 Å². The van der Waals surface area contributed by atoms with Gasteiger partial charge in [-0.2, -0.15) is 0 Å². The van der Waals surface area contributed by atoms with Crippen molar-refractivity contribution in [3.8, 4) is 11.3 Å². The van der Waals surface area contributed by atoms with Gasteiger partial charge in [-0.25, -0.2) is 0 Å². The molecule has 1 atom stereocenters. The maximum Gasteiger partial charge on any atom is 0.257 e. The number of amides is 1. The van der Waals surface area contributed by atoms with Crippen LogP contribution in [0.15, 0.2) is 64.0 Å². The molecule has 2 aromatic carbocycles. The SMILES string of the molecule is Cc1onc(-c2ccccc2)c1C(=O)N[C@@H]1CCSc2ccccc21. The summed E-state index contributed by atoms with van der Waals surface area (Å²) in [7, 11) is 0. The molecule has 0 unspecified atom stereocenters. The maximum atomic E-state index is 13.0. The quantitative estimate of drug-likeness (QED) is 0.749. The highest BCUT2D eigenvalue weighted by molar-refractivity contribution is 7.99. The second kappa shape index (κ2) is 6.76. The number of rotatable bonds is 3. The van der Waals surface area contributed by atoms with Crippen molar-refractivity contribution in [1.82, 2.24) is 10.5 Å². The largest absolute Gasteiger partial charge is 0.360 e. The van der Waals surface area contributed by atoms with Crippen molar-refractivity contribution in [3.05, 3.63) is 71.5 Å². The van der Waals surface area contributed by atoms with Crippen molar-refractivity contribution >= 4 is 17.7 Å². The Labute approximate surface area is 150 Å². The third-order valence-corrected chi connectivity index (χ3v) is 5.52. The first-order valence-electron chi connectivity index (χ1n) is 8.28. The summed E-state index contributed by atoms with van der Waals surface area (Å²) in [6.07, 6.45) is 0.915. The van der Waals surface area contributed by atoms with E-state index in [0.717, 1.165) is 17.7 Å². The number of hydrogen-bond acceptors (Lipinski definition) is 4. The predicted molar refractivity (Wildman–Crippen MR) is 98.7 cm³/mol. The number of carbonyl (C=O) groups excluding carboxylic acids is 1. The third-order valence-electron chi connectivity index (χ3n) is 4.40. The number of carbonyl (C=O) groups is 1. The van der Waals surface area contributed by atoms with Crippen LogP contribution in [0.2, 0.25) is 0 Å². The van der Waals surface area contributed by atoms with Crippen molar-refractivity contribution in [2.75, 3.05) is 5.75 Å². The zero-order valence-electron chi connectivity index (χ0n) is 13.9. The van der Waals surface area contributed by atoms with Crippen LogP contribution in [0.25, 0.3) is 11.3 Å². The molecule has 126 valence electrons. The zero-order chi connectivity index (χ0) is 17.2. The lowest BCUT2D eigenvalue weighted by molar-refractivity contribution is 0.0934. The van der Waals surface area contributed by atoms with Crippen molar-refractivity contribution in [2.24, 2.45) is 0 Å². The van der Waals surface area contributed by atoms with Crippen molar-refractivity contribution in [3.63, 3.8) is 0 Å². The summed E-state index contributed by atoms with van der Waals surface area (Å²) in [6.45, 7) is 1.78. The topological polar surface area (TPSA) is 55.1 Å². The van der Waals surface area contributed by atoms with Crippen LogP contribution in [0, 0.1) is 6.92 Å². The average molecular weight is 350 g/mol. The standard InChI is InChI=1S/C20H18N2O2S/c1-13-18(19(22-24-13)14-7-3-2-4-8-14)20(23)21-16-11-12-25-17-10-6-5-9-15(16)17/h2-10,16H,11-12H2,1H3,(H,21,23)/t16-/m1/s1. The van der Waals surface area contributed by atoms with E-state index in [9.17, 15) is 4.79 Å². The van der Waals surface area contributed by atoms with Crippen LogP contribution in [0.4, 0.5) is 0 Å². The number of benzene rings is 2. The number of aryl methyl sites for hydroxylation is 1. The van der Waals surface area contributed by atoms with Gasteiger partial charge in [-0.3, -0.25) is 4.79 Å². The van der Waals surface area contributed by atoms with Gasteiger partial charge >= 0.3 is 0 Å². The monoisotopic (exact) mass is 350 g/mol. The Morgan fingerprint density at radius 2 is 1.92 bits per heavy atom. The molecule has 2 heterocycles. The number of nitrogens with one attached hydrogen (secondary N) is 1. The summed E-state index contributed by atoms with van der Waals surface area (Å²) < 4.78 is 5.31. The summed E-state index contributed by atoms with van der Waals surface area (Å²) in [5.74, 6) is 1.40. The first kappa shape index (κ1) is 16.0. The molecule has 0 spiro atoms. The summed E-state index contributed by atoms with van der Waals surface area (Å²) >= 11 is 1.84. The van der Waals surface area contributed by atoms with E-state index in [2.05, 4.69) is 22.6 Å². The summed E-state index contributed by atoms with van der Waals surface area (Å²) in [5, 5.41) is 7.28. The van der Waals surface area contributed by atoms with Gasteiger partial charge in [0.2, 0.25) is 0 Å². The van der Waals surface area contributed by atoms with Gasteiger partial charge in [-0.1, -0.05) is 53.7 Å². The van der Waals surface area contributed by atoms with Crippen LogP contribution >= 0.6 is 11.8 Å². The van der Waals surface area contributed by atoms with Crippen molar-refractivity contribution in [1.29, 1.82) is 0 Å². The lowest BCUT2D eigenvalue weighted by atomic mass is 10.0. The fraction of sp³-hybridized carbons (Fsp3) is 0.200. The molecular weight excluding hydrogens is 332 g/mol. The molecule has 0 fully saturated rings. The van der Waals surface area contributed by atoms with Crippen molar-refractivity contribution < 1.29 is 9.32 Å². The molecule has 3 aromatic rings. The molecule has 0 aliphatic carbocycles. The molecule has 1 aliphatic heterocycles. The lowest BCUT2D eigenvalue weighted by Crippen LogP contribution is -2.31. The van der Waals surface area contributed by atoms with Crippen LogP contribution in [0.3, 0.4) is 0 Å². The third kappa shape index (κ3) is 3.07. The van der Waals surface area contributed by atoms with Gasteiger partial charge in [-0.15, -0.1) is 11.8 Å². The van der Waals surface area contributed by atoms with Crippen LogP contribution in [-0.4, -0.2) is 16.8 Å². The fourth-order valence-corrected chi connectivity index (χ4v) is 4.28. The van der Waals surface area contributed by atoms with Gasteiger partial charge in [0.1, 0.15) is 17.0 Å². The summed E-state index contributed by atoms with van der Waals surface area (Å²) in [4.78, 5) is 14.2. The number of fused-ring (bicyclic) bond motifs is 1. The maximum absolute atomic E-state index is 13.0. The number of thioether (sulfide) groups is 1. The summed E-state index contributed by atoms with van der Waals surface area (Å²) in [5.41, 5.74) is 3.17. The van der Waals surface area contributed by atoms with Crippen LogP contribution < -0.4 is 5.32 Å². The number of nitrogens with zero attached hydrogens (tertiary/aromatic N) is 1. The first-order chi connectivity index (χ1) is 12.2. The molecule has 0 saturated heterocycles. The smallest absolute Gasteiger partial charge is 0.257 e. The Kier molecular flexibility index (Phi) is 4.32. The first-order valence-corrected chi connectivity index (χ1v) is 9.27. The van der Waals surface area contributed by atoms with E-state index in [1.54, 1.807) is 6.92 Å². The molecule has 1 N–H and O–H groups in total. The van der Waals surface area contributed by atoms with E-state index in [1.807, 2.05) is 54.2 Å². The molecule has 4 nitrogen and oxygen atoms in total. The number of aromatic nitrogens is 1. The highest BCUT2D eigenvalue weighted by atomic mass is 32.2. The van der Waals surface area contributed by atoms with Crippen LogP contribution in [0.1, 0.15) is 34.1 Å². The second-order valence-electron chi connectivity index (χ2n) is 6.03. The molecule has 1 aromatic heterocycles. The Balaban J connectivity index is 1.64. The molecule has 1 amide bonds. The highest BCUT2D eigenvalue weighted by Crippen LogP contribution is 2.36. The van der Waals surface area contributed by atoms with E-state index < -0.39 is 0 Å². The highest BCUT2D eigenvalue weighted by Gasteiger charge is 2.26. The molecule has 5 heteroatoms. The molecule has 0 radical (unpaired) electrons. The predicted octanol–water partition coefficient (Wildman–Crippen LogP) is 4.62. The second-order valence-corrected chi connectivity index (χ2v) is 7.17. The van der Waals surface area contributed by atoms with Gasteiger partial charge < -0.3 is 9.84 Å². The van der Waals surface area contributed by atoms with Gasteiger partial charge in [0.15, 0.2) is 0 Å². The minimum atomic E-state index is -0.135. The minimum absolute atomic E-state index is 0.0165. The molecule has 1 aliphatic rings. The van der Waals surface area contributed by atoms with E-state index >= 15 is 0 Å². The molecule has 25 heavy (non-hydrogen) atoms.